The number of carbonyl (C=O) groups is 2. The van der Waals surface area contributed by atoms with Crippen molar-refractivity contribution in [2.24, 2.45) is 0 Å². The van der Waals surface area contributed by atoms with E-state index in [0.717, 1.165) is 6.07 Å². The van der Waals surface area contributed by atoms with Gasteiger partial charge in [-0.3, -0.25) is 14.9 Å². The second kappa shape index (κ2) is 9.44. The molecule has 2 aromatic rings. The number of nitro groups is 1. The van der Waals surface area contributed by atoms with Crippen molar-refractivity contribution in [2.45, 2.75) is 6.92 Å². The molecule has 10 nitrogen and oxygen atoms in total. The molecular weight excluding hydrogens is 464 g/mol. The minimum Gasteiger partial charge on any atom is -0.487 e. The zero-order valence-electron chi connectivity index (χ0n) is 15.8. The summed E-state index contributed by atoms with van der Waals surface area (Å²) < 4.78 is 21.6. The first kappa shape index (κ1) is 21.4. The number of nitrogens with one attached hydrogen (secondary N) is 1. The fraction of sp³-hybridized carbons (Fsp3) is 0.263. The van der Waals surface area contributed by atoms with E-state index in [1.807, 2.05) is 0 Å². The van der Waals surface area contributed by atoms with Crippen LogP contribution in [0.4, 0.5) is 11.4 Å². The predicted octanol–water partition coefficient (Wildman–Crippen LogP) is 3.32. The number of hydrogen-bond acceptors (Lipinski definition) is 8. The van der Waals surface area contributed by atoms with Crippen LogP contribution in [0.2, 0.25) is 0 Å². The summed E-state index contributed by atoms with van der Waals surface area (Å²) >= 11 is 3.33. The van der Waals surface area contributed by atoms with Gasteiger partial charge in [-0.05, 0) is 35.0 Å². The summed E-state index contributed by atoms with van der Waals surface area (Å²) in [5.74, 6) is -0.396. The van der Waals surface area contributed by atoms with E-state index in [4.69, 9.17) is 18.9 Å². The van der Waals surface area contributed by atoms with Crippen molar-refractivity contribution in [1.29, 1.82) is 0 Å². The average Bonchev–Trinajstić information content (AvgIpc) is 2.73. The first-order chi connectivity index (χ1) is 14.4. The Kier molecular flexibility index (Phi) is 6.72. The van der Waals surface area contributed by atoms with Crippen LogP contribution < -0.4 is 19.5 Å². The summed E-state index contributed by atoms with van der Waals surface area (Å²) in [5.41, 5.74) is -0.0218. The lowest BCUT2D eigenvalue weighted by Gasteiger charge is -2.20. The van der Waals surface area contributed by atoms with E-state index in [2.05, 4.69) is 21.2 Å². The highest BCUT2D eigenvalue weighted by Gasteiger charge is 2.21. The maximum atomic E-state index is 12.2. The van der Waals surface area contributed by atoms with Gasteiger partial charge in [0.1, 0.15) is 13.2 Å². The fourth-order valence-corrected chi connectivity index (χ4v) is 3.05. The summed E-state index contributed by atoms with van der Waals surface area (Å²) in [6, 6.07) is 6.94. The lowest BCUT2D eigenvalue weighted by molar-refractivity contribution is -0.385. The number of anilines is 1. The van der Waals surface area contributed by atoms with Crippen LogP contribution >= 0.6 is 15.9 Å². The summed E-state index contributed by atoms with van der Waals surface area (Å²) in [6.07, 6.45) is 0. The second-order valence-electron chi connectivity index (χ2n) is 5.97. The Morgan fingerprint density at radius 2 is 1.90 bits per heavy atom. The molecule has 3 rings (SSSR count). The number of hydrogen-bond donors (Lipinski definition) is 1. The molecule has 0 bridgehead atoms. The van der Waals surface area contributed by atoms with Crippen molar-refractivity contribution in [1.82, 2.24) is 0 Å². The molecule has 30 heavy (non-hydrogen) atoms. The zero-order valence-corrected chi connectivity index (χ0v) is 17.4. The molecule has 11 heteroatoms. The fourth-order valence-electron chi connectivity index (χ4n) is 2.63. The Morgan fingerprint density at radius 1 is 1.20 bits per heavy atom. The molecule has 158 valence electrons. The van der Waals surface area contributed by atoms with Gasteiger partial charge < -0.3 is 24.3 Å². The minimum absolute atomic E-state index is 0.0419. The van der Waals surface area contributed by atoms with Gasteiger partial charge in [0.05, 0.1) is 22.8 Å². The van der Waals surface area contributed by atoms with Gasteiger partial charge in [-0.15, -0.1) is 0 Å². The number of ether oxygens (including phenoxy) is 4. The third-order valence-electron chi connectivity index (χ3n) is 3.93. The predicted molar refractivity (Wildman–Crippen MR) is 108 cm³/mol. The highest BCUT2D eigenvalue weighted by molar-refractivity contribution is 9.10. The van der Waals surface area contributed by atoms with E-state index in [9.17, 15) is 19.7 Å². The Balaban J connectivity index is 1.63. The second-order valence-corrected chi connectivity index (χ2v) is 6.83. The van der Waals surface area contributed by atoms with Crippen LogP contribution in [0, 0.1) is 10.1 Å². The molecule has 0 fully saturated rings. The largest absolute Gasteiger partial charge is 0.487 e. The standard InChI is InChI=1S/C19H17BrN2O8/c1-2-27-15-4-3-11(7-14(15)22(25)26)19(24)30-10-18(23)21-13-9-17-16(8-12(13)20)28-5-6-29-17/h3-4,7-9H,2,5-6,10H2,1H3,(H,21,23). The van der Waals surface area contributed by atoms with Crippen LogP contribution in [0.25, 0.3) is 0 Å². The average molecular weight is 481 g/mol. The zero-order chi connectivity index (χ0) is 21.7. The number of fused-ring (bicyclic) bond motifs is 1. The number of nitro benzene ring substituents is 1. The van der Waals surface area contributed by atoms with Crippen LogP contribution in [-0.4, -0.2) is 43.2 Å². The van der Waals surface area contributed by atoms with E-state index in [1.165, 1.54) is 12.1 Å². The lowest BCUT2D eigenvalue weighted by Crippen LogP contribution is -2.21. The van der Waals surface area contributed by atoms with Gasteiger partial charge in [0.2, 0.25) is 0 Å². The molecule has 0 spiro atoms. The number of rotatable bonds is 7. The molecule has 1 aliphatic heterocycles. The van der Waals surface area contributed by atoms with Gasteiger partial charge >= 0.3 is 11.7 Å². The highest BCUT2D eigenvalue weighted by Crippen LogP contribution is 2.38. The molecule has 0 aliphatic carbocycles. The quantitative estimate of drug-likeness (QED) is 0.363. The highest BCUT2D eigenvalue weighted by atomic mass is 79.9. The van der Waals surface area contributed by atoms with E-state index in [-0.39, 0.29) is 23.6 Å². The topological polar surface area (TPSA) is 126 Å². The van der Waals surface area contributed by atoms with Crippen molar-refractivity contribution in [3.05, 3.63) is 50.5 Å². The van der Waals surface area contributed by atoms with Crippen molar-refractivity contribution in [2.75, 3.05) is 31.7 Å². The Morgan fingerprint density at radius 3 is 2.57 bits per heavy atom. The Hall–Kier alpha value is -3.34. The monoisotopic (exact) mass is 480 g/mol. The molecule has 0 atom stereocenters. The van der Waals surface area contributed by atoms with Gasteiger partial charge in [0.15, 0.2) is 23.9 Å². The molecule has 0 unspecified atom stereocenters. The molecule has 0 radical (unpaired) electrons. The van der Waals surface area contributed by atoms with Gasteiger partial charge in [-0.2, -0.15) is 0 Å². The van der Waals surface area contributed by atoms with Crippen molar-refractivity contribution < 1.29 is 33.5 Å². The smallest absolute Gasteiger partial charge is 0.338 e. The molecule has 1 amide bonds. The summed E-state index contributed by atoms with van der Waals surface area (Å²) in [6.45, 7) is 2.17. The van der Waals surface area contributed by atoms with Gasteiger partial charge in [0.25, 0.3) is 5.91 Å². The molecule has 0 aromatic heterocycles. The minimum atomic E-state index is -0.877. The van der Waals surface area contributed by atoms with Gasteiger partial charge in [-0.25, -0.2) is 4.79 Å². The summed E-state index contributed by atoms with van der Waals surface area (Å²) in [7, 11) is 0. The third kappa shape index (κ3) is 4.98. The summed E-state index contributed by atoms with van der Waals surface area (Å²) in [5, 5.41) is 13.8. The number of esters is 1. The van der Waals surface area contributed by atoms with E-state index >= 15 is 0 Å². The Bertz CT molecular complexity index is 995. The molecule has 0 saturated carbocycles. The van der Waals surface area contributed by atoms with Crippen LogP contribution in [0.15, 0.2) is 34.8 Å². The molecule has 0 saturated heterocycles. The number of carbonyl (C=O) groups excluding carboxylic acids is 2. The molecule has 1 heterocycles. The number of amides is 1. The molecule has 1 N–H and O–H groups in total. The Labute approximate surface area is 179 Å². The lowest BCUT2D eigenvalue weighted by atomic mass is 10.2. The molecule has 2 aromatic carbocycles. The van der Waals surface area contributed by atoms with E-state index in [1.54, 1.807) is 19.1 Å². The van der Waals surface area contributed by atoms with Crippen molar-refractivity contribution in [3.8, 4) is 17.2 Å². The van der Waals surface area contributed by atoms with Crippen LogP contribution in [0.1, 0.15) is 17.3 Å². The number of halogens is 1. The van der Waals surface area contributed by atoms with Crippen LogP contribution in [-0.2, 0) is 9.53 Å². The third-order valence-corrected chi connectivity index (χ3v) is 4.59. The SMILES string of the molecule is CCOc1ccc(C(=O)OCC(=O)Nc2cc3c(cc2Br)OCCO3)cc1[N+](=O)[O-]. The van der Waals surface area contributed by atoms with Crippen LogP contribution in [0.5, 0.6) is 17.2 Å². The normalized spacial score (nSPS) is 12.1. The maximum Gasteiger partial charge on any atom is 0.338 e. The number of benzene rings is 2. The number of nitrogens with zero attached hydrogens (tertiary/aromatic N) is 1. The van der Waals surface area contributed by atoms with E-state index < -0.39 is 23.4 Å². The van der Waals surface area contributed by atoms with Gasteiger partial charge in [0, 0.05) is 22.7 Å². The summed E-state index contributed by atoms with van der Waals surface area (Å²) in [4.78, 5) is 34.9. The van der Waals surface area contributed by atoms with E-state index in [0.29, 0.717) is 34.9 Å². The van der Waals surface area contributed by atoms with Crippen molar-refractivity contribution in [3.63, 3.8) is 0 Å². The van der Waals surface area contributed by atoms with Crippen molar-refractivity contribution >= 4 is 39.2 Å². The first-order valence-electron chi connectivity index (χ1n) is 8.86. The first-order valence-corrected chi connectivity index (χ1v) is 9.65. The van der Waals surface area contributed by atoms with Gasteiger partial charge in [-0.1, -0.05) is 0 Å². The maximum absolute atomic E-state index is 12.2. The molecule has 1 aliphatic rings. The molecular formula is C19H17BrN2O8. The van der Waals surface area contributed by atoms with Crippen LogP contribution in [0.3, 0.4) is 0 Å².